The third-order valence-electron chi connectivity index (χ3n) is 5.19. The Labute approximate surface area is 179 Å². The van der Waals surface area contributed by atoms with Gasteiger partial charge in [0.25, 0.3) is 0 Å². The van der Waals surface area contributed by atoms with Crippen LogP contribution in [0, 0.1) is 23.3 Å². The van der Waals surface area contributed by atoms with E-state index in [2.05, 4.69) is 10.6 Å². The molecular weight excluding hydrogens is 424 g/mol. The lowest BCUT2D eigenvalue weighted by Gasteiger charge is -2.19. The standard InChI is InChI=1S/C24H16F4N2S/c25-19-7-3-13(9-21(19)27)29-15-1-5-17-18-6-2-16(12-24(18)31-23(17)11-15)30-14-4-8-20(26)22(28)10-14/h1-11,16,29-30H,12H2. The molecule has 0 spiro atoms. The van der Waals surface area contributed by atoms with Crippen molar-refractivity contribution in [3.05, 3.63) is 94.4 Å². The van der Waals surface area contributed by atoms with Crippen LogP contribution in [0.4, 0.5) is 34.6 Å². The zero-order chi connectivity index (χ0) is 21.5. The highest BCUT2D eigenvalue weighted by Gasteiger charge is 2.19. The molecule has 0 saturated heterocycles. The van der Waals surface area contributed by atoms with Gasteiger partial charge in [0, 0.05) is 56.6 Å². The van der Waals surface area contributed by atoms with Gasteiger partial charge in [0.05, 0.1) is 0 Å². The Kier molecular flexibility index (Phi) is 4.90. The Morgan fingerprint density at radius 2 is 1.39 bits per heavy atom. The number of halogens is 4. The van der Waals surface area contributed by atoms with Gasteiger partial charge in [-0.1, -0.05) is 18.2 Å². The van der Waals surface area contributed by atoms with E-state index in [1.165, 1.54) is 17.0 Å². The summed E-state index contributed by atoms with van der Waals surface area (Å²) in [5, 5.41) is 7.43. The molecule has 1 aliphatic rings. The molecule has 2 nitrogen and oxygen atoms in total. The van der Waals surface area contributed by atoms with Crippen molar-refractivity contribution >= 4 is 44.6 Å². The SMILES string of the molecule is Fc1ccc(Nc2ccc3c4c(sc3c2)CC(Nc2ccc(F)c(F)c2)C=C4)cc1F. The molecule has 1 atom stereocenters. The van der Waals surface area contributed by atoms with E-state index in [4.69, 9.17) is 0 Å². The molecule has 0 fully saturated rings. The van der Waals surface area contributed by atoms with Gasteiger partial charge in [-0.15, -0.1) is 11.3 Å². The highest BCUT2D eigenvalue weighted by molar-refractivity contribution is 7.19. The molecule has 0 bridgehead atoms. The second-order valence-electron chi connectivity index (χ2n) is 7.35. The highest BCUT2D eigenvalue weighted by Crippen LogP contribution is 2.38. The molecule has 2 N–H and O–H groups in total. The van der Waals surface area contributed by atoms with Crippen molar-refractivity contribution in [3.8, 4) is 0 Å². The van der Waals surface area contributed by atoms with Crippen LogP contribution in [0.15, 0.2) is 60.7 Å². The van der Waals surface area contributed by atoms with Crippen molar-refractivity contribution in [2.75, 3.05) is 10.6 Å². The lowest BCUT2D eigenvalue weighted by molar-refractivity contribution is 0.509. The summed E-state index contributed by atoms with van der Waals surface area (Å²) in [4.78, 5) is 1.18. The number of thiophene rings is 1. The molecule has 4 aromatic rings. The molecule has 156 valence electrons. The van der Waals surface area contributed by atoms with Crippen LogP contribution in [0.2, 0.25) is 0 Å². The van der Waals surface area contributed by atoms with Crippen molar-refractivity contribution in [2.45, 2.75) is 12.5 Å². The Hall–Kier alpha value is -3.32. The summed E-state index contributed by atoms with van der Waals surface area (Å²) in [6.07, 6.45) is 4.77. The number of hydrogen-bond donors (Lipinski definition) is 2. The van der Waals surface area contributed by atoms with E-state index in [9.17, 15) is 17.6 Å². The lowest BCUT2D eigenvalue weighted by Crippen LogP contribution is -2.21. The summed E-state index contributed by atoms with van der Waals surface area (Å²) < 4.78 is 54.3. The maximum atomic E-state index is 13.5. The summed E-state index contributed by atoms with van der Waals surface area (Å²) in [5.74, 6) is -3.54. The van der Waals surface area contributed by atoms with Gasteiger partial charge in [-0.25, -0.2) is 17.6 Å². The Bertz CT molecular complexity index is 1330. The molecule has 31 heavy (non-hydrogen) atoms. The number of fused-ring (bicyclic) bond motifs is 3. The zero-order valence-electron chi connectivity index (χ0n) is 16.1. The fraction of sp³-hybridized carbons (Fsp3) is 0.0833. The quantitative estimate of drug-likeness (QED) is 0.327. The van der Waals surface area contributed by atoms with E-state index in [1.54, 1.807) is 11.3 Å². The normalized spacial score (nSPS) is 15.2. The lowest BCUT2D eigenvalue weighted by atomic mass is 9.99. The van der Waals surface area contributed by atoms with E-state index < -0.39 is 23.3 Å². The van der Waals surface area contributed by atoms with Crippen LogP contribution < -0.4 is 10.6 Å². The zero-order valence-corrected chi connectivity index (χ0v) is 16.9. The highest BCUT2D eigenvalue weighted by atomic mass is 32.1. The van der Waals surface area contributed by atoms with Gasteiger partial charge < -0.3 is 10.6 Å². The fourth-order valence-electron chi connectivity index (χ4n) is 3.70. The number of rotatable bonds is 4. The predicted molar refractivity (Wildman–Crippen MR) is 118 cm³/mol. The van der Waals surface area contributed by atoms with Crippen LogP contribution in [0.5, 0.6) is 0 Å². The van der Waals surface area contributed by atoms with Crippen molar-refractivity contribution in [3.63, 3.8) is 0 Å². The number of benzene rings is 3. The van der Waals surface area contributed by atoms with E-state index in [1.807, 2.05) is 30.4 Å². The Morgan fingerprint density at radius 3 is 2.13 bits per heavy atom. The molecule has 0 radical (unpaired) electrons. The van der Waals surface area contributed by atoms with E-state index in [0.29, 0.717) is 11.4 Å². The summed E-state index contributed by atoms with van der Waals surface area (Å²) in [5.41, 5.74) is 2.91. The summed E-state index contributed by atoms with van der Waals surface area (Å²) >= 11 is 1.65. The van der Waals surface area contributed by atoms with Crippen molar-refractivity contribution in [1.82, 2.24) is 0 Å². The molecular formula is C24H16F4N2S. The second-order valence-corrected chi connectivity index (χ2v) is 8.48. The smallest absolute Gasteiger partial charge is 0.160 e. The van der Waals surface area contributed by atoms with Gasteiger partial charge in [0.1, 0.15) is 0 Å². The molecule has 0 saturated carbocycles. The second kappa shape index (κ2) is 7.74. The van der Waals surface area contributed by atoms with Crippen LogP contribution in [-0.2, 0) is 6.42 Å². The van der Waals surface area contributed by atoms with E-state index in [-0.39, 0.29) is 6.04 Å². The minimum atomic E-state index is -0.901. The van der Waals surface area contributed by atoms with Crippen LogP contribution in [0.25, 0.3) is 16.2 Å². The number of anilines is 3. The van der Waals surface area contributed by atoms with Gasteiger partial charge in [0.15, 0.2) is 23.3 Å². The van der Waals surface area contributed by atoms with Gasteiger partial charge in [0.2, 0.25) is 0 Å². The molecule has 0 aliphatic heterocycles. The average molecular weight is 440 g/mol. The maximum Gasteiger partial charge on any atom is 0.160 e. The third kappa shape index (κ3) is 3.88. The molecule has 3 aromatic carbocycles. The minimum Gasteiger partial charge on any atom is -0.378 e. The predicted octanol–water partition coefficient (Wildman–Crippen LogP) is 7.25. The monoisotopic (exact) mass is 440 g/mol. The fourth-order valence-corrected chi connectivity index (χ4v) is 4.99. The molecule has 1 unspecified atom stereocenters. The molecule has 1 heterocycles. The summed E-state index contributed by atoms with van der Waals surface area (Å²) in [6, 6.07) is 13.3. The topological polar surface area (TPSA) is 24.1 Å². The first-order valence-corrected chi connectivity index (χ1v) is 10.5. The molecule has 1 aliphatic carbocycles. The van der Waals surface area contributed by atoms with Crippen molar-refractivity contribution in [1.29, 1.82) is 0 Å². The number of nitrogens with one attached hydrogen (secondary N) is 2. The molecule has 7 heteroatoms. The first kappa shape index (κ1) is 19.6. The van der Waals surface area contributed by atoms with Crippen LogP contribution >= 0.6 is 11.3 Å². The molecule has 1 aromatic heterocycles. The van der Waals surface area contributed by atoms with Crippen LogP contribution in [-0.4, -0.2) is 6.04 Å². The Balaban J connectivity index is 1.37. The Morgan fingerprint density at radius 1 is 0.742 bits per heavy atom. The first-order chi connectivity index (χ1) is 15.0. The van der Waals surface area contributed by atoms with Crippen LogP contribution in [0.3, 0.4) is 0 Å². The molecule has 0 amide bonds. The van der Waals surface area contributed by atoms with Gasteiger partial charge in [-0.05, 0) is 42.0 Å². The van der Waals surface area contributed by atoms with E-state index >= 15 is 0 Å². The average Bonchev–Trinajstić information content (AvgIpc) is 3.10. The summed E-state index contributed by atoms with van der Waals surface area (Å²) in [6.45, 7) is 0. The first-order valence-electron chi connectivity index (χ1n) is 9.63. The minimum absolute atomic E-state index is 0.0368. The van der Waals surface area contributed by atoms with E-state index in [0.717, 1.165) is 52.0 Å². The van der Waals surface area contributed by atoms with Gasteiger partial charge in [-0.2, -0.15) is 0 Å². The van der Waals surface area contributed by atoms with Gasteiger partial charge in [-0.3, -0.25) is 0 Å². The largest absolute Gasteiger partial charge is 0.378 e. The maximum absolute atomic E-state index is 13.5. The summed E-state index contributed by atoms with van der Waals surface area (Å²) in [7, 11) is 0. The van der Waals surface area contributed by atoms with Crippen LogP contribution in [0.1, 0.15) is 10.4 Å². The van der Waals surface area contributed by atoms with Crippen molar-refractivity contribution in [2.24, 2.45) is 0 Å². The van der Waals surface area contributed by atoms with Crippen molar-refractivity contribution < 1.29 is 17.6 Å². The van der Waals surface area contributed by atoms with Gasteiger partial charge >= 0.3 is 0 Å². The number of hydrogen-bond acceptors (Lipinski definition) is 3. The third-order valence-corrected chi connectivity index (χ3v) is 6.38. The molecule has 5 rings (SSSR count).